The van der Waals surface area contributed by atoms with Crippen LogP contribution in [0.2, 0.25) is 0 Å². The van der Waals surface area contributed by atoms with Crippen molar-refractivity contribution in [2.75, 3.05) is 20.1 Å². The normalized spacial score (nSPS) is 34.3. The lowest BCUT2D eigenvalue weighted by atomic mass is 9.96. The molecule has 20 heavy (non-hydrogen) atoms. The Balaban J connectivity index is 1.80. The maximum atomic E-state index is 13.1. The molecule has 1 saturated carbocycles. The van der Waals surface area contributed by atoms with E-state index in [1.165, 1.54) is 32.2 Å². The molecule has 0 aromatic rings. The van der Waals surface area contributed by atoms with Crippen LogP contribution >= 0.6 is 0 Å². The standard InChI is InChI=1S/C16H29N3O/c1-3-7-14-17-16(9-4-5-10-16)15(20)19(14)13-8-6-11-18(2)12-13/h13-14,17H,3-12H2,1-2H3. The van der Waals surface area contributed by atoms with Gasteiger partial charge in [0.1, 0.15) is 0 Å². The molecule has 3 aliphatic rings. The average Bonchev–Trinajstić information content (AvgIpc) is 2.98. The summed E-state index contributed by atoms with van der Waals surface area (Å²) in [6, 6.07) is 0.422. The SMILES string of the molecule is CCCC1NC2(CCCC2)C(=O)N1C1CCCN(C)C1. The van der Waals surface area contributed by atoms with Gasteiger partial charge in [0.05, 0.1) is 11.7 Å². The molecule has 1 amide bonds. The molecule has 0 bridgehead atoms. The number of carbonyl (C=O) groups is 1. The third kappa shape index (κ3) is 2.37. The van der Waals surface area contributed by atoms with E-state index in [1.54, 1.807) is 0 Å². The summed E-state index contributed by atoms with van der Waals surface area (Å²) in [5.74, 6) is 0.411. The number of likely N-dealkylation sites (N-methyl/N-ethyl adjacent to an activating group) is 1. The van der Waals surface area contributed by atoms with Crippen LogP contribution < -0.4 is 5.32 Å². The Morgan fingerprint density at radius 1 is 1.30 bits per heavy atom. The fraction of sp³-hybridized carbons (Fsp3) is 0.938. The minimum absolute atomic E-state index is 0.199. The van der Waals surface area contributed by atoms with Gasteiger partial charge in [-0.3, -0.25) is 10.1 Å². The largest absolute Gasteiger partial charge is 0.321 e. The van der Waals surface area contributed by atoms with Crippen LogP contribution in [-0.2, 0) is 4.79 Å². The van der Waals surface area contributed by atoms with Crippen molar-refractivity contribution in [1.29, 1.82) is 0 Å². The number of nitrogens with zero attached hydrogens (tertiary/aromatic N) is 2. The second kappa shape index (κ2) is 5.64. The third-order valence-corrected chi connectivity index (χ3v) is 5.43. The summed E-state index contributed by atoms with van der Waals surface area (Å²) in [7, 11) is 2.18. The Labute approximate surface area is 122 Å². The second-order valence-electron chi connectivity index (χ2n) is 7.01. The van der Waals surface area contributed by atoms with Gasteiger partial charge in [0.15, 0.2) is 0 Å². The Hall–Kier alpha value is -0.610. The smallest absolute Gasteiger partial charge is 0.244 e. The van der Waals surface area contributed by atoms with Crippen LogP contribution in [0.15, 0.2) is 0 Å². The number of rotatable bonds is 3. The van der Waals surface area contributed by atoms with Gasteiger partial charge in [-0.2, -0.15) is 0 Å². The number of carbonyl (C=O) groups excluding carboxylic acids is 1. The molecule has 0 aromatic heterocycles. The predicted octanol–water partition coefficient (Wildman–Crippen LogP) is 1.95. The van der Waals surface area contributed by atoms with E-state index in [2.05, 4.69) is 29.1 Å². The van der Waals surface area contributed by atoms with Crippen LogP contribution in [0.4, 0.5) is 0 Å². The summed E-state index contributed by atoms with van der Waals surface area (Å²) < 4.78 is 0. The molecule has 2 atom stereocenters. The van der Waals surface area contributed by atoms with E-state index in [1.807, 2.05) is 0 Å². The monoisotopic (exact) mass is 279 g/mol. The summed E-state index contributed by atoms with van der Waals surface area (Å²) in [5.41, 5.74) is -0.199. The molecule has 0 radical (unpaired) electrons. The predicted molar refractivity (Wildman–Crippen MR) is 80.4 cm³/mol. The highest BCUT2D eigenvalue weighted by Crippen LogP contribution is 2.39. The Kier molecular flexibility index (Phi) is 4.04. The van der Waals surface area contributed by atoms with Gasteiger partial charge in [-0.25, -0.2) is 0 Å². The van der Waals surface area contributed by atoms with Crippen LogP contribution in [0.5, 0.6) is 0 Å². The minimum atomic E-state index is -0.199. The highest BCUT2D eigenvalue weighted by Gasteiger charge is 2.53. The van der Waals surface area contributed by atoms with Crippen molar-refractivity contribution in [2.24, 2.45) is 0 Å². The quantitative estimate of drug-likeness (QED) is 0.858. The molecule has 1 N–H and O–H groups in total. The lowest BCUT2D eigenvalue weighted by molar-refractivity contribution is -0.136. The molecule has 0 aromatic carbocycles. The average molecular weight is 279 g/mol. The first-order chi connectivity index (χ1) is 9.66. The van der Waals surface area contributed by atoms with Crippen molar-refractivity contribution in [3.63, 3.8) is 0 Å². The van der Waals surface area contributed by atoms with Crippen molar-refractivity contribution < 1.29 is 4.79 Å². The van der Waals surface area contributed by atoms with Crippen LogP contribution in [0, 0.1) is 0 Å². The molecule has 1 aliphatic carbocycles. The number of piperidine rings is 1. The zero-order chi connectivity index (χ0) is 14.2. The molecular formula is C16H29N3O. The maximum absolute atomic E-state index is 13.1. The number of hydrogen-bond acceptors (Lipinski definition) is 3. The van der Waals surface area contributed by atoms with Crippen LogP contribution in [0.1, 0.15) is 58.3 Å². The van der Waals surface area contributed by atoms with E-state index in [0.29, 0.717) is 11.9 Å². The van der Waals surface area contributed by atoms with Gasteiger partial charge in [-0.15, -0.1) is 0 Å². The molecule has 3 rings (SSSR count). The van der Waals surface area contributed by atoms with Crippen LogP contribution in [0.3, 0.4) is 0 Å². The highest BCUT2D eigenvalue weighted by molar-refractivity contribution is 5.89. The summed E-state index contributed by atoms with van der Waals surface area (Å²) in [6.07, 6.45) is 9.41. The molecule has 2 saturated heterocycles. The number of nitrogens with one attached hydrogen (secondary N) is 1. The molecule has 4 heteroatoms. The number of amides is 1. The van der Waals surface area contributed by atoms with Crippen LogP contribution in [-0.4, -0.2) is 53.6 Å². The van der Waals surface area contributed by atoms with Crippen molar-refractivity contribution in [3.8, 4) is 0 Å². The molecule has 114 valence electrons. The zero-order valence-electron chi connectivity index (χ0n) is 13.0. The molecule has 4 nitrogen and oxygen atoms in total. The van der Waals surface area contributed by atoms with Gasteiger partial charge in [-0.1, -0.05) is 26.2 Å². The van der Waals surface area contributed by atoms with E-state index >= 15 is 0 Å². The molecule has 1 spiro atoms. The zero-order valence-corrected chi connectivity index (χ0v) is 13.0. The third-order valence-electron chi connectivity index (χ3n) is 5.43. The van der Waals surface area contributed by atoms with Crippen molar-refractivity contribution in [2.45, 2.75) is 76.0 Å². The van der Waals surface area contributed by atoms with E-state index in [-0.39, 0.29) is 11.7 Å². The minimum Gasteiger partial charge on any atom is -0.321 e. The second-order valence-corrected chi connectivity index (χ2v) is 7.01. The molecule has 2 heterocycles. The summed E-state index contributed by atoms with van der Waals surface area (Å²) in [5, 5.41) is 3.74. The van der Waals surface area contributed by atoms with Gasteiger partial charge < -0.3 is 9.80 Å². The lowest BCUT2D eigenvalue weighted by Crippen LogP contribution is -2.52. The van der Waals surface area contributed by atoms with Crippen LogP contribution in [0.25, 0.3) is 0 Å². The first-order valence-corrected chi connectivity index (χ1v) is 8.45. The number of likely N-dealkylation sites (tertiary alicyclic amines) is 1. The van der Waals surface area contributed by atoms with E-state index in [9.17, 15) is 4.79 Å². The molecule has 2 aliphatic heterocycles. The summed E-state index contributed by atoms with van der Waals surface area (Å²) >= 11 is 0. The lowest BCUT2D eigenvalue weighted by Gasteiger charge is -2.38. The highest BCUT2D eigenvalue weighted by atomic mass is 16.2. The Bertz CT molecular complexity index is 365. The fourth-order valence-corrected chi connectivity index (χ4v) is 4.45. The van der Waals surface area contributed by atoms with E-state index in [0.717, 1.165) is 32.2 Å². The van der Waals surface area contributed by atoms with Gasteiger partial charge in [-0.05, 0) is 45.7 Å². The molecule has 3 fully saturated rings. The fourth-order valence-electron chi connectivity index (χ4n) is 4.45. The summed E-state index contributed by atoms with van der Waals surface area (Å²) in [6.45, 7) is 4.44. The van der Waals surface area contributed by atoms with Crippen molar-refractivity contribution in [1.82, 2.24) is 15.1 Å². The Morgan fingerprint density at radius 3 is 2.70 bits per heavy atom. The first-order valence-electron chi connectivity index (χ1n) is 8.45. The topological polar surface area (TPSA) is 35.6 Å². The van der Waals surface area contributed by atoms with Gasteiger partial charge in [0, 0.05) is 12.6 Å². The van der Waals surface area contributed by atoms with E-state index in [4.69, 9.17) is 0 Å². The Morgan fingerprint density at radius 2 is 2.05 bits per heavy atom. The first kappa shape index (κ1) is 14.3. The van der Waals surface area contributed by atoms with Crippen molar-refractivity contribution >= 4 is 5.91 Å². The van der Waals surface area contributed by atoms with Gasteiger partial charge in [0.2, 0.25) is 5.91 Å². The van der Waals surface area contributed by atoms with Gasteiger partial charge in [0.25, 0.3) is 0 Å². The van der Waals surface area contributed by atoms with E-state index < -0.39 is 0 Å². The van der Waals surface area contributed by atoms with Crippen molar-refractivity contribution in [3.05, 3.63) is 0 Å². The van der Waals surface area contributed by atoms with Gasteiger partial charge >= 0.3 is 0 Å². The molecule has 2 unspecified atom stereocenters. The maximum Gasteiger partial charge on any atom is 0.244 e. The summed E-state index contributed by atoms with van der Waals surface area (Å²) in [4.78, 5) is 17.7. The number of hydrogen-bond donors (Lipinski definition) is 1. The molecular weight excluding hydrogens is 250 g/mol.